The SMILES string of the molecule is Cc1cccc(CNC(=O)C2C3CCC(C3)C2N)c1.Cl. The van der Waals surface area contributed by atoms with Gasteiger partial charge in [0.05, 0.1) is 5.92 Å². The minimum absolute atomic E-state index is 0. The van der Waals surface area contributed by atoms with Crippen molar-refractivity contribution < 1.29 is 4.79 Å². The van der Waals surface area contributed by atoms with Crippen molar-refractivity contribution in [1.82, 2.24) is 5.32 Å². The molecule has 0 spiro atoms. The highest BCUT2D eigenvalue weighted by atomic mass is 35.5. The zero-order valence-electron chi connectivity index (χ0n) is 11.8. The largest absolute Gasteiger partial charge is 0.352 e. The fourth-order valence-electron chi connectivity index (χ4n) is 3.85. The maximum absolute atomic E-state index is 12.3. The van der Waals surface area contributed by atoms with Crippen molar-refractivity contribution in [2.75, 3.05) is 0 Å². The Hall–Kier alpha value is -1.06. The summed E-state index contributed by atoms with van der Waals surface area (Å²) in [6.07, 6.45) is 3.55. The zero-order chi connectivity index (χ0) is 13.4. The summed E-state index contributed by atoms with van der Waals surface area (Å²) >= 11 is 0. The number of fused-ring (bicyclic) bond motifs is 2. The first-order valence-electron chi connectivity index (χ1n) is 7.24. The smallest absolute Gasteiger partial charge is 0.225 e. The molecule has 2 saturated carbocycles. The summed E-state index contributed by atoms with van der Waals surface area (Å²) in [6.45, 7) is 2.68. The lowest BCUT2D eigenvalue weighted by molar-refractivity contribution is -0.127. The molecule has 0 radical (unpaired) electrons. The van der Waals surface area contributed by atoms with Crippen LogP contribution in [0.25, 0.3) is 0 Å². The summed E-state index contributed by atoms with van der Waals surface area (Å²) in [4.78, 5) is 12.3. The fourth-order valence-corrected chi connectivity index (χ4v) is 3.85. The van der Waals surface area contributed by atoms with Gasteiger partial charge in [-0.1, -0.05) is 29.8 Å². The normalized spacial score (nSPS) is 30.9. The highest BCUT2D eigenvalue weighted by molar-refractivity contribution is 5.85. The van der Waals surface area contributed by atoms with Crippen LogP contribution in [0, 0.1) is 24.7 Å². The topological polar surface area (TPSA) is 55.1 Å². The molecule has 20 heavy (non-hydrogen) atoms. The third-order valence-electron chi connectivity index (χ3n) is 4.83. The Morgan fingerprint density at radius 1 is 1.35 bits per heavy atom. The predicted octanol–water partition coefficient (Wildman–Crippen LogP) is 2.41. The van der Waals surface area contributed by atoms with E-state index in [1.165, 1.54) is 18.4 Å². The molecule has 1 aromatic carbocycles. The van der Waals surface area contributed by atoms with Gasteiger partial charge in [-0.2, -0.15) is 0 Å². The minimum Gasteiger partial charge on any atom is -0.352 e. The quantitative estimate of drug-likeness (QED) is 0.899. The monoisotopic (exact) mass is 294 g/mol. The molecule has 4 heteroatoms. The van der Waals surface area contributed by atoms with E-state index in [1.54, 1.807) is 0 Å². The van der Waals surface area contributed by atoms with Gasteiger partial charge in [-0.15, -0.1) is 12.4 Å². The van der Waals surface area contributed by atoms with E-state index in [9.17, 15) is 4.79 Å². The summed E-state index contributed by atoms with van der Waals surface area (Å²) in [5.41, 5.74) is 8.58. The molecule has 1 aromatic rings. The van der Waals surface area contributed by atoms with Crippen LogP contribution in [-0.2, 0) is 11.3 Å². The van der Waals surface area contributed by atoms with Crippen molar-refractivity contribution in [3.8, 4) is 0 Å². The van der Waals surface area contributed by atoms with Gasteiger partial charge in [-0.3, -0.25) is 4.79 Å². The van der Waals surface area contributed by atoms with Gasteiger partial charge < -0.3 is 11.1 Å². The number of aryl methyl sites for hydroxylation is 1. The number of carbonyl (C=O) groups excluding carboxylic acids is 1. The maximum Gasteiger partial charge on any atom is 0.225 e. The number of nitrogens with two attached hydrogens (primary N) is 1. The molecule has 0 saturated heterocycles. The van der Waals surface area contributed by atoms with Crippen LogP contribution in [0.3, 0.4) is 0 Å². The minimum atomic E-state index is 0. The lowest BCUT2D eigenvalue weighted by atomic mass is 9.84. The molecule has 4 atom stereocenters. The highest BCUT2D eigenvalue weighted by Crippen LogP contribution is 2.47. The van der Waals surface area contributed by atoms with Gasteiger partial charge in [0.1, 0.15) is 0 Å². The van der Waals surface area contributed by atoms with Crippen LogP contribution in [0.4, 0.5) is 0 Å². The van der Waals surface area contributed by atoms with Gasteiger partial charge in [0.2, 0.25) is 5.91 Å². The average Bonchev–Trinajstić information content (AvgIpc) is 2.97. The number of nitrogens with one attached hydrogen (secondary N) is 1. The van der Waals surface area contributed by atoms with Crippen LogP contribution in [-0.4, -0.2) is 11.9 Å². The molecule has 3 N–H and O–H groups in total. The van der Waals surface area contributed by atoms with Crippen molar-refractivity contribution in [2.24, 2.45) is 23.5 Å². The summed E-state index contributed by atoms with van der Waals surface area (Å²) in [5, 5.41) is 3.06. The first kappa shape index (κ1) is 15.3. The summed E-state index contributed by atoms with van der Waals surface area (Å²) in [7, 11) is 0. The lowest BCUT2D eigenvalue weighted by Crippen LogP contribution is -2.45. The summed E-state index contributed by atoms with van der Waals surface area (Å²) in [5.74, 6) is 1.31. The second kappa shape index (κ2) is 6.15. The maximum atomic E-state index is 12.3. The molecule has 0 aromatic heterocycles. The molecular weight excluding hydrogens is 272 g/mol. The van der Waals surface area contributed by atoms with E-state index in [2.05, 4.69) is 24.4 Å². The molecule has 2 fully saturated rings. The van der Waals surface area contributed by atoms with Crippen molar-refractivity contribution in [3.63, 3.8) is 0 Å². The Bertz CT molecular complexity index is 489. The first-order valence-corrected chi connectivity index (χ1v) is 7.24. The van der Waals surface area contributed by atoms with Gasteiger partial charge in [0.25, 0.3) is 0 Å². The third kappa shape index (κ3) is 2.84. The van der Waals surface area contributed by atoms with Crippen LogP contribution in [0.2, 0.25) is 0 Å². The predicted molar refractivity (Wildman–Crippen MR) is 82.6 cm³/mol. The molecule has 1 amide bonds. The van der Waals surface area contributed by atoms with E-state index in [0.717, 1.165) is 12.0 Å². The Balaban J connectivity index is 0.00000147. The zero-order valence-corrected chi connectivity index (χ0v) is 12.7. The molecule has 0 heterocycles. The molecule has 110 valence electrons. The molecule has 3 rings (SSSR count). The van der Waals surface area contributed by atoms with E-state index in [0.29, 0.717) is 18.4 Å². The second-order valence-corrected chi connectivity index (χ2v) is 6.14. The number of hydrogen-bond acceptors (Lipinski definition) is 2. The van der Waals surface area contributed by atoms with Gasteiger partial charge in [-0.25, -0.2) is 0 Å². The Morgan fingerprint density at radius 3 is 2.75 bits per heavy atom. The molecule has 2 bridgehead atoms. The lowest BCUT2D eigenvalue weighted by Gasteiger charge is -2.27. The second-order valence-electron chi connectivity index (χ2n) is 6.14. The average molecular weight is 295 g/mol. The van der Waals surface area contributed by atoms with E-state index in [1.807, 2.05) is 12.1 Å². The third-order valence-corrected chi connectivity index (χ3v) is 4.83. The van der Waals surface area contributed by atoms with E-state index in [4.69, 9.17) is 5.73 Å². The summed E-state index contributed by atoms with van der Waals surface area (Å²) < 4.78 is 0. The Morgan fingerprint density at radius 2 is 2.10 bits per heavy atom. The van der Waals surface area contributed by atoms with Gasteiger partial charge in [0.15, 0.2) is 0 Å². The first-order chi connectivity index (χ1) is 9.15. The Kier molecular flexibility index (Phi) is 4.71. The van der Waals surface area contributed by atoms with E-state index in [-0.39, 0.29) is 30.3 Å². The van der Waals surface area contributed by atoms with Crippen LogP contribution in [0.5, 0.6) is 0 Å². The number of benzene rings is 1. The molecule has 2 aliphatic carbocycles. The van der Waals surface area contributed by atoms with Crippen LogP contribution in [0.15, 0.2) is 24.3 Å². The summed E-state index contributed by atoms with van der Waals surface area (Å²) in [6, 6.07) is 8.34. The Labute approximate surface area is 126 Å². The van der Waals surface area contributed by atoms with Crippen molar-refractivity contribution in [1.29, 1.82) is 0 Å². The van der Waals surface area contributed by atoms with Gasteiger partial charge >= 0.3 is 0 Å². The van der Waals surface area contributed by atoms with Gasteiger partial charge in [-0.05, 0) is 43.6 Å². The van der Waals surface area contributed by atoms with Crippen LogP contribution < -0.4 is 11.1 Å². The number of amides is 1. The molecular formula is C16H23ClN2O. The van der Waals surface area contributed by atoms with Crippen molar-refractivity contribution in [3.05, 3.63) is 35.4 Å². The fraction of sp³-hybridized carbons (Fsp3) is 0.562. The standard InChI is InChI=1S/C16H22N2O.ClH/c1-10-3-2-4-11(7-10)9-18-16(19)14-12-5-6-13(8-12)15(14)17;/h2-4,7,12-15H,5-6,8-9,17H2,1H3,(H,18,19);1H. The molecule has 2 aliphatic rings. The van der Waals surface area contributed by atoms with Gasteiger partial charge in [0, 0.05) is 12.6 Å². The van der Waals surface area contributed by atoms with E-state index >= 15 is 0 Å². The van der Waals surface area contributed by atoms with E-state index < -0.39 is 0 Å². The molecule has 3 nitrogen and oxygen atoms in total. The number of carbonyl (C=O) groups is 1. The number of hydrogen-bond donors (Lipinski definition) is 2. The van der Waals surface area contributed by atoms with Crippen molar-refractivity contribution >= 4 is 18.3 Å². The number of rotatable bonds is 3. The van der Waals surface area contributed by atoms with Crippen LogP contribution in [0.1, 0.15) is 30.4 Å². The molecule has 0 aliphatic heterocycles. The van der Waals surface area contributed by atoms with Crippen molar-refractivity contribution in [2.45, 2.75) is 38.8 Å². The highest BCUT2D eigenvalue weighted by Gasteiger charge is 2.48. The molecule has 4 unspecified atom stereocenters. The van der Waals surface area contributed by atoms with Crippen LogP contribution >= 0.6 is 12.4 Å². The number of halogens is 1.